The van der Waals surface area contributed by atoms with E-state index >= 15 is 0 Å². The Labute approximate surface area is 200 Å². The molecule has 1 aromatic rings. The maximum Gasteiger partial charge on any atom is 0.191 e. The molecule has 0 saturated carbocycles. The van der Waals surface area contributed by atoms with E-state index in [1.807, 2.05) is 12.1 Å². The molecule has 0 aromatic heterocycles. The number of aliphatic hydroxyl groups is 1. The van der Waals surface area contributed by atoms with Crippen molar-refractivity contribution in [3.8, 4) is 5.75 Å². The Morgan fingerprint density at radius 3 is 2.43 bits per heavy atom. The van der Waals surface area contributed by atoms with Crippen molar-refractivity contribution < 1.29 is 9.84 Å². The lowest BCUT2D eigenvalue weighted by Gasteiger charge is -2.20. The summed E-state index contributed by atoms with van der Waals surface area (Å²) in [5, 5.41) is 16.0. The zero-order valence-electron chi connectivity index (χ0n) is 19.5. The molecule has 0 radical (unpaired) electrons. The summed E-state index contributed by atoms with van der Waals surface area (Å²) < 4.78 is 5.79. The van der Waals surface area contributed by atoms with E-state index in [1.165, 1.54) is 0 Å². The van der Waals surface area contributed by atoms with Crippen molar-refractivity contribution in [3.05, 3.63) is 29.8 Å². The van der Waals surface area contributed by atoms with E-state index in [0.29, 0.717) is 18.4 Å². The molecule has 174 valence electrons. The van der Waals surface area contributed by atoms with Gasteiger partial charge in [-0.2, -0.15) is 0 Å². The highest BCUT2D eigenvalue weighted by Crippen LogP contribution is 2.15. The van der Waals surface area contributed by atoms with Gasteiger partial charge in [0, 0.05) is 26.2 Å². The van der Waals surface area contributed by atoms with Crippen LogP contribution in [0.2, 0.25) is 0 Å². The largest absolute Gasteiger partial charge is 0.494 e. The number of hydrogen-bond acceptors (Lipinski definition) is 4. The van der Waals surface area contributed by atoms with Gasteiger partial charge in [0.1, 0.15) is 5.75 Å². The fourth-order valence-electron chi connectivity index (χ4n) is 3.17. The average Bonchev–Trinajstić information content (AvgIpc) is 2.67. The van der Waals surface area contributed by atoms with E-state index in [2.05, 4.69) is 62.5 Å². The zero-order valence-corrected chi connectivity index (χ0v) is 21.8. The van der Waals surface area contributed by atoms with E-state index < -0.39 is 0 Å². The number of nitrogens with one attached hydrogen (secondary N) is 2. The molecular weight excluding hydrogens is 491 g/mol. The maximum absolute atomic E-state index is 9.30. The molecule has 0 aliphatic rings. The Hall–Kier alpha value is -1.06. The minimum atomic E-state index is 0. The molecule has 1 atom stereocenters. The Kier molecular flexibility index (Phi) is 17.0. The molecule has 3 N–H and O–H groups in total. The van der Waals surface area contributed by atoms with Gasteiger partial charge in [0.15, 0.2) is 5.96 Å². The van der Waals surface area contributed by atoms with Crippen molar-refractivity contribution in [1.82, 2.24) is 15.5 Å². The first-order chi connectivity index (χ1) is 13.9. The average molecular weight is 535 g/mol. The van der Waals surface area contributed by atoms with Crippen LogP contribution in [0.5, 0.6) is 5.75 Å². The van der Waals surface area contributed by atoms with Crippen molar-refractivity contribution in [2.45, 2.75) is 46.6 Å². The molecule has 0 amide bonds. The summed E-state index contributed by atoms with van der Waals surface area (Å²) in [6.07, 6.45) is 2.94. The van der Waals surface area contributed by atoms with Gasteiger partial charge < -0.3 is 25.4 Å². The van der Waals surface area contributed by atoms with Gasteiger partial charge in [-0.1, -0.05) is 26.0 Å². The number of aliphatic imine (C=N–C) groups is 1. The molecule has 6 nitrogen and oxygen atoms in total. The molecule has 0 heterocycles. The number of benzene rings is 1. The molecule has 0 spiro atoms. The second kappa shape index (κ2) is 17.6. The topological polar surface area (TPSA) is 69.1 Å². The first kappa shape index (κ1) is 28.9. The van der Waals surface area contributed by atoms with Crippen LogP contribution in [0.1, 0.15) is 45.6 Å². The number of guanidine groups is 1. The summed E-state index contributed by atoms with van der Waals surface area (Å²) in [5.41, 5.74) is 1.15. The molecule has 30 heavy (non-hydrogen) atoms. The Balaban J connectivity index is 0.00000841. The zero-order chi connectivity index (χ0) is 21.5. The summed E-state index contributed by atoms with van der Waals surface area (Å²) in [6, 6.07) is 8.17. The van der Waals surface area contributed by atoms with Crippen molar-refractivity contribution in [2.75, 3.05) is 46.9 Å². The van der Waals surface area contributed by atoms with Crippen LogP contribution in [-0.2, 0) is 6.54 Å². The summed E-state index contributed by atoms with van der Waals surface area (Å²) in [5.74, 6) is 2.80. The summed E-state index contributed by atoms with van der Waals surface area (Å²) >= 11 is 0. The molecule has 0 bridgehead atoms. The SMILES string of the molecule is CCNC(=NCc1ccc(OCCCN(C)C)cc1)NCC(CCO)CC(C)C.I. The minimum absolute atomic E-state index is 0. The molecule has 0 saturated heterocycles. The lowest BCUT2D eigenvalue weighted by molar-refractivity contribution is 0.243. The molecule has 0 aliphatic carbocycles. The smallest absolute Gasteiger partial charge is 0.191 e. The van der Waals surface area contributed by atoms with E-state index in [-0.39, 0.29) is 30.6 Å². The van der Waals surface area contributed by atoms with Crippen LogP contribution >= 0.6 is 24.0 Å². The van der Waals surface area contributed by atoms with Gasteiger partial charge in [-0.15, -0.1) is 24.0 Å². The highest BCUT2D eigenvalue weighted by Gasteiger charge is 2.11. The highest BCUT2D eigenvalue weighted by atomic mass is 127. The van der Waals surface area contributed by atoms with Gasteiger partial charge >= 0.3 is 0 Å². The van der Waals surface area contributed by atoms with Gasteiger partial charge in [-0.05, 0) is 69.8 Å². The van der Waals surface area contributed by atoms with E-state index in [0.717, 1.165) is 62.8 Å². The van der Waals surface area contributed by atoms with E-state index in [1.54, 1.807) is 0 Å². The third-order valence-electron chi connectivity index (χ3n) is 4.61. The number of rotatable bonds is 14. The summed E-state index contributed by atoms with van der Waals surface area (Å²) in [6.45, 7) is 10.8. The molecule has 0 fully saturated rings. The second-order valence-corrected chi connectivity index (χ2v) is 8.23. The summed E-state index contributed by atoms with van der Waals surface area (Å²) in [4.78, 5) is 6.87. The quantitative estimate of drug-likeness (QED) is 0.147. The maximum atomic E-state index is 9.30. The minimum Gasteiger partial charge on any atom is -0.494 e. The standard InChI is InChI=1S/C23H42N4O2.HI/c1-6-24-23(26-18-21(12-14-28)16-19(2)3)25-17-20-8-10-22(11-9-20)29-15-7-13-27(4)5;/h8-11,19,21,28H,6-7,12-18H2,1-5H3,(H2,24,25,26);1H. The predicted molar refractivity (Wildman–Crippen MR) is 138 cm³/mol. The number of halogens is 1. The second-order valence-electron chi connectivity index (χ2n) is 8.23. The van der Waals surface area contributed by atoms with Crippen molar-refractivity contribution >= 4 is 29.9 Å². The molecule has 1 rings (SSSR count). The number of ether oxygens (including phenoxy) is 1. The Bertz CT molecular complexity index is 565. The molecular formula is C23H43IN4O2. The number of hydrogen-bond donors (Lipinski definition) is 3. The van der Waals surface area contributed by atoms with Crippen LogP contribution < -0.4 is 15.4 Å². The molecule has 1 aromatic carbocycles. The number of nitrogens with zero attached hydrogens (tertiary/aromatic N) is 2. The third-order valence-corrected chi connectivity index (χ3v) is 4.61. The normalized spacial score (nSPS) is 12.6. The van der Waals surface area contributed by atoms with E-state index in [9.17, 15) is 5.11 Å². The van der Waals surface area contributed by atoms with Crippen molar-refractivity contribution in [2.24, 2.45) is 16.8 Å². The number of aliphatic hydroxyl groups excluding tert-OH is 1. The first-order valence-electron chi connectivity index (χ1n) is 10.9. The fourth-order valence-corrected chi connectivity index (χ4v) is 3.17. The molecule has 0 aliphatic heterocycles. The van der Waals surface area contributed by atoms with Gasteiger partial charge in [0.25, 0.3) is 0 Å². The van der Waals surface area contributed by atoms with Crippen molar-refractivity contribution in [1.29, 1.82) is 0 Å². The monoisotopic (exact) mass is 534 g/mol. The Morgan fingerprint density at radius 1 is 1.17 bits per heavy atom. The lowest BCUT2D eigenvalue weighted by atomic mass is 9.94. The van der Waals surface area contributed by atoms with Crippen LogP contribution in [0, 0.1) is 11.8 Å². The van der Waals surface area contributed by atoms with Crippen LogP contribution in [0.3, 0.4) is 0 Å². The first-order valence-corrected chi connectivity index (χ1v) is 10.9. The van der Waals surface area contributed by atoms with Gasteiger partial charge in [0.2, 0.25) is 0 Å². The lowest BCUT2D eigenvalue weighted by Crippen LogP contribution is -2.40. The van der Waals surface area contributed by atoms with Gasteiger partial charge in [-0.3, -0.25) is 0 Å². The van der Waals surface area contributed by atoms with Crippen LogP contribution in [-0.4, -0.2) is 62.9 Å². The molecule has 7 heteroatoms. The van der Waals surface area contributed by atoms with Gasteiger partial charge in [-0.25, -0.2) is 4.99 Å². The summed E-state index contributed by atoms with van der Waals surface area (Å²) in [7, 11) is 4.14. The van der Waals surface area contributed by atoms with Crippen LogP contribution in [0.4, 0.5) is 0 Å². The van der Waals surface area contributed by atoms with Crippen molar-refractivity contribution in [3.63, 3.8) is 0 Å². The van der Waals surface area contributed by atoms with Gasteiger partial charge in [0.05, 0.1) is 13.2 Å². The fraction of sp³-hybridized carbons (Fsp3) is 0.696. The molecule has 1 unspecified atom stereocenters. The van der Waals surface area contributed by atoms with E-state index in [4.69, 9.17) is 9.73 Å². The predicted octanol–water partition coefficient (Wildman–Crippen LogP) is 3.73. The third kappa shape index (κ3) is 14.0. The van der Waals surface area contributed by atoms with Crippen LogP contribution in [0.25, 0.3) is 0 Å². The van der Waals surface area contributed by atoms with Crippen LogP contribution in [0.15, 0.2) is 29.3 Å². The Morgan fingerprint density at radius 2 is 1.87 bits per heavy atom. The highest BCUT2D eigenvalue weighted by molar-refractivity contribution is 14.0.